The highest BCUT2D eigenvalue weighted by Gasteiger charge is 2.25. The van der Waals surface area contributed by atoms with Crippen molar-refractivity contribution in [3.05, 3.63) is 36.2 Å². The molecular formula is C19H26N6O2. The standard InChI is InChI=1S/C19H26N6O2/c26-19(16-5-7-17(8-6-16)25-15-20-21-22-25)24-11-4-12-27-18(14-24)13-23-9-2-1-3-10-23/h5-8,15,18H,1-4,9-14H2/t18-/m1/s1. The number of likely N-dealkylation sites (tertiary alicyclic amines) is 1. The van der Waals surface area contributed by atoms with Crippen LogP contribution < -0.4 is 0 Å². The van der Waals surface area contributed by atoms with Crippen LogP contribution in [0.2, 0.25) is 0 Å². The van der Waals surface area contributed by atoms with Crippen molar-refractivity contribution in [1.29, 1.82) is 0 Å². The van der Waals surface area contributed by atoms with Crippen molar-refractivity contribution in [2.24, 2.45) is 0 Å². The zero-order chi connectivity index (χ0) is 18.5. The van der Waals surface area contributed by atoms with Crippen LogP contribution in [-0.4, -0.2) is 81.3 Å². The van der Waals surface area contributed by atoms with Gasteiger partial charge in [-0.3, -0.25) is 4.79 Å². The van der Waals surface area contributed by atoms with Crippen LogP contribution in [0.25, 0.3) is 5.69 Å². The Morgan fingerprint density at radius 2 is 1.89 bits per heavy atom. The van der Waals surface area contributed by atoms with Crippen LogP contribution in [0.15, 0.2) is 30.6 Å². The maximum absolute atomic E-state index is 13.0. The second-order valence-corrected chi connectivity index (χ2v) is 7.26. The Balaban J connectivity index is 1.40. The van der Waals surface area contributed by atoms with Gasteiger partial charge < -0.3 is 14.5 Å². The largest absolute Gasteiger partial charge is 0.375 e. The SMILES string of the molecule is O=C(c1ccc(-n2cnnn2)cc1)N1CCCO[C@H](CN2CCCCC2)C1. The van der Waals surface area contributed by atoms with Crippen molar-refractivity contribution in [1.82, 2.24) is 30.0 Å². The second-order valence-electron chi connectivity index (χ2n) is 7.26. The number of tetrazole rings is 1. The predicted octanol–water partition coefficient (Wildman–Crippen LogP) is 1.38. The third kappa shape index (κ3) is 4.51. The summed E-state index contributed by atoms with van der Waals surface area (Å²) in [6, 6.07) is 7.40. The molecule has 4 rings (SSSR count). The fourth-order valence-electron chi connectivity index (χ4n) is 3.84. The number of aromatic nitrogens is 4. The average molecular weight is 370 g/mol. The first-order chi connectivity index (χ1) is 13.3. The van der Waals surface area contributed by atoms with Crippen LogP contribution in [0.1, 0.15) is 36.0 Å². The van der Waals surface area contributed by atoms with Gasteiger partial charge in [0.15, 0.2) is 0 Å². The minimum atomic E-state index is 0.0624. The highest BCUT2D eigenvalue weighted by atomic mass is 16.5. The summed E-state index contributed by atoms with van der Waals surface area (Å²) in [6.07, 6.45) is 6.37. The van der Waals surface area contributed by atoms with Crippen molar-refractivity contribution in [3.8, 4) is 5.69 Å². The van der Waals surface area contributed by atoms with Gasteiger partial charge in [0, 0.05) is 31.8 Å². The van der Waals surface area contributed by atoms with E-state index in [0.29, 0.717) is 12.1 Å². The molecule has 1 atom stereocenters. The van der Waals surface area contributed by atoms with Crippen molar-refractivity contribution >= 4 is 5.91 Å². The van der Waals surface area contributed by atoms with Crippen LogP contribution in [-0.2, 0) is 4.74 Å². The topological polar surface area (TPSA) is 76.4 Å². The summed E-state index contributed by atoms with van der Waals surface area (Å²) in [5, 5.41) is 11.1. The zero-order valence-electron chi connectivity index (χ0n) is 15.5. The lowest BCUT2D eigenvalue weighted by Gasteiger charge is -2.31. The maximum Gasteiger partial charge on any atom is 0.253 e. The summed E-state index contributed by atoms with van der Waals surface area (Å²) in [5.41, 5.74) is 1.52. The van der Waals surface area contributed by atoms with E-state index in [9.17, 15) is 4.79 Å². The average Bonchev–Trinajstić information content (AvgIpc) is 3.15. The molecule has 1 amide bonds. The van der Waals surface area contributed by atoms with E-state index in [1.807, 2.05) is 29.2 Å². The van der Waals surface area contributed by atoms with Gasteiger partial charge in [-0.05, 0) is 67.0 Å². The zero-order valence-corrected chi connectivity index (χ0v) is 15.5. The smallest absolute Gasteiger partial charge is 0.253 e. The van der Waals surface area contributed by atoms with Crippen molar-refractivity contribution in [2.75, 3.05) is 39.3 Å². The minimum Gasteiger partial charge on any atom is -0.375 e. The number of carbonyl (C=O) groups is 1. The fourth-order valence-corrected chi connectivity index (χ4v) is 3.84. The van der Waals surface area contributed by atoms with Gasteiger partial charge in [-0.25, -0.2) is 4.68 Å². The van der Waals surface area contributed by atoms with E-state index in [4.69, 9.17) is 4.74 Å². The van der Waals surface area contributed by atoms with Crippen LogP contribution in [0.5, 0.6) is 0 Å². The number of benzene rings is 1. The Labute approximate surface area is 159 Å². The summed E-state index contributed by atoms with van der Waals surface area (Å²) in [6.45, 7) is 5.33. The Kier molecular flexibility index (Phi) is 5.74. The van der Waals surface area contributed by atoms with Crippen molar-refractivity contribution in [3.63, 3.8) is 0 Å². The Morgan fingerprint density at radius 3 is 2.63 bits per heavy atom. The number of hydrogen-bond acceptors (Lipinski definition) is 6. The number of carbonyl (C=O) groups excluding carboxylic acids is 1. The molecular weight excluding hydrogens is 344 g/mol. The summed E-state index contributed by atoms with van der Waals surface area (Å²) in [4.78, 5) is 17.4. The summed E-state index contributed by atoms with van der Waals surface area (Å²) in [7, 11) is 0. The van der Waals surface area contributed by atoms with Crippen LogP contribution in [0, 0.1) is 0 Å². The van der Waals surface area contributed by atoms with Gasteiger partial charge in [0.2, 0.25) is 0 Å². The molecule has 2 aliphatic heterocycles. The van der Waals surface area contributed by atoms with Gasteiger partial charge in [-0.1, -0.05) is 6.42 Å². The molecule has 1 aromatic carbocycles. The molecule has 144 valence electrons. The fraction of sp³-hybridized carbons (Fsp3) is 0.579. The van der Waals surface area contributed by atoms with Gasteiger partial charge >= 0.3 is 0 Å². The molecule has 27 heavy (non-hydrogen) atoms. The molecule has 8 nitrogen and oxygen atoms in total. The molecule has 2 fully saturated rings. The highest BCUT2D eigenvalue weighted by Crippen LogP contribution is 2.16. The normalized spacial score (nSPS) is 21.8. The molecule has 2 aromatic rings. The molecule has 0 spiro atoms. The van der Waals surface area contributed by atoms with Crippen molar-refractivity contribution < 1.29 is 9.53 Å². The number of piperidine rings is 1. The van der Waals surface area contributed by atoms with Gasteiger partial charge in [-0.2, -0.15) is 0 Å². The van der Waals surface area contributed by atoms with Crippen molar-refractivity contribution in [2.45, 2.75) is 31.8 Å². The summed E-state index contributed by atoms with van der Waals surface area (Å²) < 4.78 is 7.60. The lowest BCUT2D eigenvalue weighted by atomic mass is 10.1. The third-order valence-corrected chi connectivity index (χ3v) is 5.28. The van der Waals surface area contributed by atoms with E-state index in [1.54, 1.807) is 4.68 Å². The first-order valence-electron chi connectivity index (χ1n) is 9.76. The minimum absolute atomic E-state index is 0.0624. The van der Waals surface area contributed by atoms with Crippen LogP contribution >= 0.6 is 0 Å². The van der Waals surface area contributed by atoms with Crippen LogP contribution in [0.4, 0.5) is 0 Å². The molecule has 0 N–H and O–H groups in total. The van der Waals surface area contributed by atoms with E-state index >= 15 is 0 Å². The Bertz CT molecular complexity index is 727. The Morgan fingerprint density at radius 1 is 1.07 bits per heavy atom. The molecule has 0 aliphatic carbocycles. The first-order valence-corrected chi connectivity index (χ1v) is 9.76. The third-order valence-electron chi connectivity index (χ3n) is 5.28. The van der Waals surface area contributed by atoms with E-state index in [2.05, 4.69) is 20.4 Å². The number of ether oxygens (including phenoxy) is 1. The van der Waals surface area contributed by atoms with E-state index in [0.717, 1.165) is 44.9 Å². The molecule has 0 bridgehead atoms. The molecule has 0 saturated carbocycles. The number of amides is 1. The number of rotatable bonds is 4. The molecule has 2 saturated heterocycles. The maximum atomic E-state index is 13.0. The van der Waals surface area contributed by atoms with E-state index in [1.165, 1.54) is 25.6 Å². The highest BCUT2D eigenvalue weighted by molar-refractivity contribution is 5.94. The summed E-state index contributed by atoms with van der Waals surface area (Å²) >= 11 is 0. The first kappa shape index (κ1) is 18.1. The summed E-state index contributed by atoms with van der Waals surface area (Å²) in [5.74, 6) is 0.0624. The van der Waals surface area contributed by atoms with Gasteiger partial charge in [0.1, 0.15) is 6.33 Å². The molecule has 1 aromatic heterocycles. The van der Waals surface area contributed by atoms with E-state index < -0.39 is 0 Å². The van der Waals surface area contributed by atoms with Gasteiger partial charge in [0.05, 0.1) is 11.8 Å². The molecule has 8 heteroatoms. The Hall–Kier alpha value is -2.32. The molecule has 0 unspecified atom stereocenters. The quantitative estimate of drug-likeness (QED) is 0.809. The second kappa shape index (κ2) is 8.58. The molecule has 3 heterocycles. The van der Waals surface area contributed by atoms with E-state index in [-0.39, 0.29) is 12.0 Å². The number of hydrogen-bond donors (Lipinski definition) is 0. The predicted molar refractivity (Wildman–Crippen MR) is 99.7 cm³/mol. The molecule has 0 radical (unpaired) electrons. The lowest BCUT2D eigenvalue weighted by molar-refractivity contribution is 0.0216. The van der Waals surface area contributed by atoms with Crippen LogP contribution in [0.3, 0.4) is 0 Å². The monoisotopic (exact) mass is 370 g/mol. The van der Waals surface area contributed by atoms with Gasteiger partial charge in [-0.15, -0.1) is 5.10 Å². The molecule has 2 aliphatic rings. The number of nitrogens with zero attached hydrogens (tertiary/aromatic N) is 6. The lowest BCUT2D eigenvalue weighted by Crippen LogP contribution is -2.43. The van der Waals surface area contributed by atoms with Gasteiger partial charge in [0.25, 0.3) is 5.91 Å².